The quantitative estimate of drug-likeness (QED) is 0.386. The highest BCUT2D eigenvalue weighted by Crippen LogP contribution is 2.57. The maximum absolute atomic E-state index is 12.6. The molecule has 8 nitrogen and oxygen atoms in total. The molecule has 5 atom stereocenters. The minimum Gasteiger partial charge on any atom is -0.481 e. The smallest absolute Gasteiger partial charge is 0.312 e. The fourth-order valence-corrected chi connectivity index (χ4v) is 4.64. The minimum atomic E-state index is -1.54. The summed E-state index contributed by atoms with van der Waals surface area (Å²) >= 11 is 0. The van der Waals surface area contributed by atoms with Crippen LogP contribution in [0.5, 0.6) is 0 Å². The van der Waals surface area contributed by atoms with Gasteiger partial charge in [-0.05, 0) is 39.7 Å². The molecule has 1 aliphatic rings. The first-order valence-electron chi connectivity index (χ1n) is 9.00. The predicted octanol–water partition coefficient (Wildman–Crippen LogP) is 3.19. The third-order valence-electron chi connectivity index (χ3n) is 6.15. The second kappa shape index (κ2) is 7.35. The zero-order chi connectivity index (χ0) is 21.4. The van der Waals surface area contributed by atoms with Crippen molar-refractivity contribution < 1.29 is 24.7 Å². The van der Waals surface area contributed by atoms with Crippen molar-refractivity contribution in [1.29, 1.82) is 0 Å². The van der Waals surface area contributed by atoms with E-state index < -0.39 is 45.7 Å². The van der Waals surface area contributed by atoms with Crippen LogP contribution in [0, 0.1) is 20.9 Å². The molecule has 0 saturated carbocycles. The fourth-order valence-electron chi connectivity index (χ4n) is 4.64. The third kappa shape index (κ3) is 3.17. The van der Waals surface area contributed by atoms with E-state index >= 15 is 0 Å². The molecule has 5 unspecified atom stereocenters. The van der Waals surface area contributed by atoms with Gasteiger partial charge in [0, 0.05) is 30.1 Å². The van der Waals surface area contributed by atoms with E-state index in [1.54, 1.807) is 26.8 Å². The molecule has 0 amide bonds. The first kappa shape index (κ1) is 21.6. The van der Waals surface area contributed by atoms with Crippen molar-refractivity contribution in [2.24, 2.45) is 10.8 Å². The Morgan fingerprint density at radius 1 is 1.25 bits per heavy atom. The second-order valence-electron chi connectivity index (χ2n) is 7.96. The summed E-state index contributed by atoms with van der Waals surface area (Å²) in [6.07, 6.45) is 0.0411. The number of piperidine rings is 1. The fraction of sp³-hybridized carbons (Fsp3) is 0.500. The zero-order valence-corrected chi connectivity index (χ0v) is 16.4. The van der Waals surface area contributed by atoms with E-state index in [1.165, 1.54) is 25.1 Å². The average Bonchev–Trinajstić information content (AvgIpc) is 2.59. The Morgan fingerprint density at radius 3 is 2.32 bits per heavy atom. The number of nitro benzene ring substituents is 1. The molecule has 3 N–H and O–H groups in total. The molecule has 0 spiro atoms. The summed E-state index contributed by atoms with van der Waals surface area (Å²) in [4.78, 5) is 35.7. The largest absolute Gasteiger partial charge is 0.481 e. The van der Waals surface area contributed by atoms with E-state index in [2.05, 4.69) is 11.9 Å². The van der Waals surface area contributed by atoms with Gasteiger partial charge in [-0.1, -0.05) is 17.7 Å². The Balaban J connectivity index is 2.90. The maximum atomic E-state index is 12.6. The van der Waals surface area contributed by atoms with E-state index in [0.29, 0.717) is 11.1 Å². The lowest BCUT2D eigenvalue weighted by atomic mass is 9.51. The molecule has 1 aliphatic heterocycles. The van der Waals surface area contributed by atoms with Crippen molar-refractivity contribution in [3.05, 3.63) is 52.1 Å². The number of nitrogens with zero attached hydrogens (tertiary/aromatic N) is 1. The van der Waals surface area contributed by atoms with Gasteiger partial charge in [-0.3, -0.25) is 19.7 Å². The molecule has 0 radical (unpaired) electrons. The molecule has 1 fully saturated rings. The van der Waals surface area contributed by atoms with Crippen LogP contribution in [-0.4, -0.2) is 39.2 Å². The highest BCUT2D eigenvalue weighted by molar-refractivity contribution is 5.84. The summed E-state index contributed by atoms with van der Waals surface area (Å²) in [6, 6.07) is 4.46. The van der Waals surface area contributed by atoms with Crippen LogP contribution in [0.3, 0.4) is 0 Å². The summed E-state index contributed by atoms with van der Waals surface area (Å²) in [6.45, 7) is 10.4. The van der Waals surface area contributed by atoms with Crippen molar-refractivity contribution in [1.82, 2.24) is 5.32 Å². The molecule has 1 aromatic carbocycles. The molecule has 0 aliphatic carbocycles. The first-order chi connectivity index (χ1) is 12.9. The van der Waals surface area contributed by atoms with E-state index in [1.807, 2.05) is 0 Å². The Morgan fingerprint density at radius 2 is 1.86 bits per heavy atom. The number of benzene rings is 1. The molecule has 0 aromatic heterocycles. The number of aliphatic carboxylic acids is 2. The van der Waals surface area contributed by atoms with Gasteiger partial charge < -0.3 is 15.5 Å². The topological polar surface area (TPSA) is 130 Å². The van der Waals surface area contributed by atoms with Crippen molar-refractivity contribution in [3.8, 4) is 0 Å². The van der Waals surface area contributed by atoms with Crippen LogP contribution < -0.4 is 5.32 Å². The van der Waals surface area contributed by atoms with Gasteiger partial charge in [0.05, 0.1) is 15.8 Å². The van der Waals surface area contributed by atoms with E-state index in [4.69, 9.17) is 0 Å². The number of allylic oxidation sites excluding steroid dienone is 1. The molecular weight excluding hydrogens is 364 g/mol. The maximum Gasteiger partial charge on any atom is 0.312 e. The van der Waals surface area contributed by atoms with Crippen LogP contribution >= 0.6 is 0 Å². The van der Waals surface area contributed by atoms with E-state index in [9.17, 15) is 29.9 Å². The summed E-state index contributed by atoms with van der Waals surface area (Å²) < 4.78 is 0. The summed E-state index contributed by atoms with van der Waals surface area (Å²) in [7, 11) is 0. The predicted molar refractivity (Wildman–Crippen MR) is 103 cm³/mol. The van der Waals surface area contributed by atoms with Crippen LogP contribution in [0.15, 0.2) is 36.4 Å². The van der Waals surface area contributed by atoms with Crippen molar-refractivity contribution in [3.63, 3.8) is 0 Å². The number of hydrogen-bond acceptors (Lipinski definition) is 5. The molecule has 1 saturated heterocycles. The van der Waals surface area contributed by atoms with Crippen molar-refractivity contribution >= 4 is 17.6 Å². The number of hydrogen-bond donors (Lipinski definition) is 3. The lowest BCUT2D eigenvalue weighted by Gasteiger charge is -2.56. The average molecular weight is 390 g/mol. The number of nitrogens with one attached hydrogen (secondary N) is 1. The lowest BCUT2D eigenvalue weighted by molar-refractivity contribution is -0.385. The molecule has 2 rings (SSSR count). The van der Waals surface area contributed by atoms with Crippen LogP contribution in [0.4, 0.5) is 5.69 Å². The van der Waals surface area contributed by atoms with Gasteiger partial charge in [0.25, 0.3) is 5.69 Å². The Kier molecular flexibility index (Phi) is 5.66. The van der Waals surface area contributed by atoms with E-state index in [-0.39, 0.29) is 12.1 Å². The highest BCUT2D eigenvalue weighted by atomic mass is 16.6. The normalized spacial score (nSPS) is 32.5. The molecule has 1 heterocycles. The molecule has 0 bridgehead atoms. The van der Waals surface area contributed by atoms with Crippen LogP contribution in [0.1, 0.15) is 45.6 Å². The van der Waals surface area contributed by atoms with Gasteiger partial charge in [0.1, 0.15) is 0 Å². The van der Waals surface area contributed by atoms with Gasteiger partial charge in [-0.15, -0.1) is 6.58 Å². The summed E-state index contributed by atoms with van der Waals surface area (Å²) in [5.41, 5.74) is -2.36. The number of carbonyl (C=O) groups is 2. The number of non-ortho nitro benzene ring substituents is 1. The highest BCUT2D eigenvalue weighted by Gasteiger charge is 2.65. The monoisotopic (exact) mass is 390 g/mol. The van der Waals surface area contributed by atoms with Crippen molar-refractivity contribution in [2.75, 3.05) is 0 Å². The molecule has 28 heavy (non-hydrogen) atoms. The van der Waals surface area contributed by atoms with Gasteiger partial charge in [-0.25, -0.2) is 0 Å². The number of nitro groups is 1. The Labute approximate surface area is 163 Å². The standard InChI is InChI=1S/C20H26N2O6/c1-11(2)10-20(18(25)26)13(4)21-12(3)19(5,17(23)24)16(20)14-7-6-8-15(9-14)22(27)28/h6-9,12-13,16,21H,1,10H2,2-5H3,(H,23,24)(H,25,26). The Bertz CT molecular complexity index is 838. The molecule has 152 valence electrons. The minimum absolute atomic E-state index is 0.0411. The van der Waals surface area contributed by atoms with Crippen LogP contribution in [-0.2, 0) is 9.59 Å². The van der Waals surface area contributed by atoms with Gasteiger partial charge in [0.15, 0.2) is 0 Å². The second-order valence-corrected chi connectivity index (χ2v) is 7.96. The molecule has 1 aromatic rings. The Hall–Kier alpha value is -2.74. The van der Waals surface area contributed by atoms with Gasteiger partial charge in [-0.2, -0.15) is 0 Å². The third-order valence-corrected chi connectivity index (χ3v) is 6.15. The summed E-state index contributed by atoms with van der Waals surface area (Å²) in [5, 5.41) is 34.8. The SMILES string of the molecule is C=C(C)CC1(C(=O)O)C(C)NC(C)C(C)(C(=O)O)C1c1cccc([N+](=O)[O-])c1. The molecule has 8 heteroatoms. The van der Waals surface area contributed by atoms with Gasteiger partial charge >= 0.3 is 11.9 Å². The van der Waals surface area contributed by atoms with E-state index in [0.717, 1.165) is 0 Å². The first-order valence-corrected chi connectivity index (χ1v) is 9.00. The molecular formula is C20H26N2O6. The summed E-state index contributed by atoms with van der Waals surface area (Å²) in [5.74, 6) is -3.34. The van der Waals surface area contributed by atoms with Gasteiger partial charge in [0.2, 0.25) is 0 Å². The number of rotatable bonds is 6. The lowest BCUT2D eigenvalue weighted by Crippen LogP contribution is -2.68. The van der Waals surface area contributed by atoms with Crippen LogP contribution in [0.25, 0.3) is 0 Å². The van der Waals surface area contributed by atoms with Crippen molar-refractivity contribution in [2.45, 2.75) is 52.1 Å². The zero-order valence-electron chi connectivity index (χ0n) is 16.4. The van der Waals surface area contributed by atoms with Crippen LogP contribution in [0.2, 0.25) is 0 Å². The number of carboxylic acids is 2. The number of carboxylic acid groups (broad SMARTS) is 2.